The smallest absolute Gasteiger partial charge is 0.416 e. The average molecular weight is 678 g/mol. The Hall–Kier alpha value is -3.88. The number of methoxy groups -OCH3 is 2. The third kappa shape index (κ3) is 8.93. The van der Waals surface area contributed by atoms with Crippen molar-refractivity contribution in [2.75, 3.05) is 39.8 Å². The van der Waals surface area contributed by atoms with Crippen LogP contribution in [0.2, 0.25) is 0 Å². The number of unbranched alkanes of at least 4 members (excludes halogenated alkanes) is 1. The summed E-state index contributed by atoms with van der Waals surface area (Å²) in [7, 11) is 6.14. The minimum absolute atomic E-state index is 0.0229. The third-order valence-corrected chi connectivity index (χ3v) is 7.83. The molecule has 3 unspecified atom stereocenters. The first-order valence-corrected chi connectivity index (χ1v) is 15.1. The molecule has 0 aromatic heterocycles. The van der Waals surface area contributed by atoms with Crippen LogP contribution < -0.4 is 14.4 Å². The van der Waals surface area contributed by atoms with Crippen molar-refractivity contribution in [1.29, 1.82) is 0 Å². The van der Waals surface area contributed by atoms with Gasteiger partial charge in [0.25, 0.3) is 0 Å². The number of alkyl halides is 6. The molecular formula is C32H41F6N3O6. The van der Waals surface area contributed by atoms with E-state index in [1.165, 1.54) is 12.0 Å². The Balaban J connectivity index is 2.23. The minimum Gasteiger partial charge on any atom is -0.493 e. The molecule has 0 spiro atoms. The molecule has 3 atom stereocenters. The number of carbonyl (C=O) groups is 2. The Morgan fingerprint density at radius 2 is 1.57 bits per heavy atom. The van der Waals surface area contributed by atoms with Gasteiger partial charge in [-0.1, -0.05) is 13.3 Å². The van der Waals surface area contributed by atoms with Gasteiger partial charge in [0.1, 0.15) is 0 Å². The summed E-state index contributed by atoms with van der Waals surface area (Å²) in [5.41, 5.74) is -2.86. The molecule has 2 aromatic carbocycles. The summed E-state index contributed by atoms with van der Waals surface area (Å²) in [5, 5.41) is 0. The summed E-state index contributed by atoms with van der Waals surface area (Å²) in [6.07, 6.45) is -9.73. The van der Waals surface area contributed by atoms with Crippen LogP contribution in [0.1, 0.15) is 74.8 Å². The van der Waals surface area contributed by atoms with Crippen molar-refractivity contribution in [3.63, 3.8) is 0 Å². The molecule has 262 valence electrons. The topological polar surface area (TPSA) is 80.8 Å². The molecule has 1 heterocycles. The van der Waals surface area contributed by atoms with Crippen LogP contribution in [-0.4, -0.2) is 69.2 Å². The van der Waals surface area contributed by atoms with E-state index in [0.29, 0.717) is 24.1 Å². The standard InChI is InChI=1S/C32H41F6N3O6/c1-8-10-11-28(39(4)5)47-27-17-25-23(16-26(27)44-6)24(12-19(3)41(25)30(43)46-9-2)40(29(42)45-7)18-20-13-21(31(33,34)35)15-22(14-20)32(36,37)38/h13-17,19,24,28H,8-12,18H2,1-7H3. The number of halogens is 6. The van der Waals surface area contributed by atoms with Crippen LogP contribution in [0, 0.1) is 0 Å². The molecule has 2 aromatic rings. The van der Waals surface area contributed by atoms with E-state index < -0.39 is 59.9 Å². The molecule has 47 heavy (non-hydrogen) atoms. The van der Waals surface area contributed by atoms with Crippen molar-refractivity contribution >= 4 is 17.9 Å². The van der Waals surface area contributed by atoms with Gasteiger partial charge < -0.3 is 18.9 Å². The van der Waals surface area contributed by atoms with Gasteiger partial charge in [-0.25, -0.2) is 9.59 Å². The summed E-state index contributed by atoms with van der Waals surface area (Å²) >= 11 is 0. The lowest BCUT2D eigenvalue weighted by molar-refractivity contribution is -0.143. The summed E-state index contributed by atoms with van der Waals surface area (Å²) < 4.78 is 104. The fourth-order valence-corrected chi connectivity index (χ4v) is 5.53. The first-order valence-electron chi connectivity index (χ1n) is 15.1. The number of ether oxygens (including phenoxy) is 4. The highest BCUT2D eigenvalue weighted by molar-refractivity contribution is 5.91. The summed E-state index contributed by atoms with van der Waals surface area (Å²) in [4.78, 5) is 30.8. The van der Waals surface area contributed by atoms with Crippen LogP contribution in [0.4, 0.5) is 41.6 Å². The van der Waals surface area contributed by atoms with Crippen molar-refractivity contribution in [1.82, 2.24) is 9.80 Å². The molecule has 0 bridgehead atoms. The predicted octanol–water partition coefficient (Wildman–Crippen LogP) is 8.25. The van der Waals surface area contributed by atoms with E-state index in [-0.39, 0.29) is 42.5 Å². The third-order valence-electron chi connectivity index (χ3n) is 7.83. The van der Waals surface area contributed by atoms with Crippen LogP contribution in [0.25, 0.3) is 0 Å². The molecule has 3 rings (SSSR count). The molecule has 15 heteroatoms. The van der Waals surface area contributed by atoms with Crippen molar-refractivity contribution in [2.45, 2.75) is 83.7 Å². The maximum absolute atomic E-state index is 13.7. The number of rotatable bonds is 11. The second kappa shape index (κ2) is 15.3. The molecule has 0 aliphatic carbocycles. The van der Waals surface area contributed by atoms with Crippen molar-refractivity contribution in [3.05, 3.63) is 52.6 Å². The molecule has 1 aliphatic rings. The van der Waals surface area contributed by atoms with E-state index in [1.807, 2.05) is 25.9 Å². The number of carbonyl (C=O) groups excluding carboxylic acids is 2. The monoisotopic (exact) mass is 677 g/mol. The molecule has 1 aliphatic heterocycles. The number of hydrogen-bond acceptors (Lipinski definition) is 7. The number of fused-ring (bicyclic) bond motifs is 1. The van der Waals surface area contributed by atoms with E-state index in [0.717, 1.165) is 24.9 Å². The highest BCUT2D eigenvalue weighted by Crippen LogP contribution is 2.47. The molecule has 0 saturated carbocycles. The Labute approximate surface area is 270 Å². The molecule has 0 radical (unpaired) electrons. The first kappa shape index (κ1) is 37.6. The predicted molar refractivity (Wildman–Crippen MR) is 161 cm³/mol. The molecule has 0 fully saturated rings. The highest BCUT2D eigenvalue weighted by atomic mass is 19.4. The SMILES string of the molecule is CCCCC(Oc1cc2c(cc1OC)C(N(Cc1cc(C(F)(F)F)cc(C(F)(F)F)c1)C(=O)OC)CC(C)N2C(=O)OCC)N(C)C. The summed E-state index contributed by atoms with van der Waals surface area (Å²) in [6.45, 7) is 4.75. The normalized spacial score (nSPS) is 17.2. The van der Waals surface area contributed by atoms with Crippen molar-refractivity contribution < 1.29 is 54.9 Å². The van der Waals surface area contributed by atoms with Gasteiger partial charge in [-0.3, -0.25) is 14.7 Å². The molecule has 2 amide bonds. The lowest BCUT2D eigenvalue weighted by atomic mass is 9.90. The first-order chi connectivity index (χ1) is 22.0. The molecular weight excluding hydrogens is 636 g/mol. The number of nitrogens with zero attached hydrogens (tertiary/aromatic N) is 3. The van der Waals surface area contributed by atoms with Gasteiger partial charge in [-0.05, 0) is 77.0 Å². The van der Waals surface area contributed by atoms with Gasteiger partial charge in [0.2, 0.25) is 0 Å². The lowest BCUT2D eigenvalue weighted by Crippen LogP contribution is -2.47. The van der Waals surface area contributed by atoms with E-state index in [9.17, 15) is 35.9 Å². The molecule has 0 saturated heterocycles. The van der Waals surface area contributed by atoms with Crippen molar-refractivity contribution in [2.24, 2.45) is 0 Å². The van der Waals surface area contributed by atoms with E-state index >= 15 is 0 Å². The zero-order valence-electron chi connectivity index (χ0n) is 27.4. The molecule has 9 nitrogen and oxygen atoms in total. The fourth-order valence-electron chi connectivity index (χ4n) is 5.53. The Morgan fingerprint density at radius 1 is 0.957 bits per heavy atom. The largest absolute Gasteiger partial charge is 0.493 e. The van der Waals surface area contributed by atoms with E-state index in [2.05, 4.69) is 0 Å². The van der Waals surface area contributed by atoms with Gasteiger partial charge in [0.15, 0.2) is 17.7 Å². The fraction of sp³-hybridized carbons (Fsp3) is 0.562. The summed E-state index contributed by atoms with van der Waals surface area (Å²) in [5.74, 6) is 0.513. The second-order valence-corrected chi connectivity index (χ2v) is 11.4. The van der Waals surface area contributed by atoms with Gasteiger partial charge in [-0.15, -0.1) is 0 Å². The number of amides is 2. The zero-order valence-corrected chi connectivity index (χ0v) is 27.4. The Bertz CT molecular complexity index is 1370. The quantitative estimate of drug-likeness (QED) is 0.175. The molecule has 0 N–H and O–H groups in total. The van der Waals surface area contributed by atoms with E-state index in [1.54, 1.807) is 26.0 Å². The summed E-state index contributed by atoms with van der Waals surface area (Å²) in [6, 6.07) is 2.65. The van der Waals surface area contributed by atoms with Crippen LogP contribution in [-0.2, 0) is 28.4 Å². The van der Waals surface area contributed by atoms with Gasteiger partial charge in [0.05, 0.1) is 43.7 Å². The number of anilines is 1. The van der Waals surface area contributed by atoms with Crippen LogP contribution in [0.5, 0.6) is 11.5 Å². The van der Waals surface area contributed by atoms with Crippen LogP contribution >= 0.6 is 0 Å². The van der Waals surface area contributed by atoms with E-state index in [4.69, 9.17) is 18.9 Å². The Morgan fingerprint density at radius 3 is 2.06 bits per heavy atom. The maximum Gasteiger partial charge on any atom is 0.416 e. The Kier molecular flexibility index (Phi) is 12.3. The van der Waals surface area contributed by atoms with Crippen LogP contribution in [0.15, 0.2) is 30.3 Å². The van der Waals surface area contributed by atoms with Crippen LogP contribution in [0.3, 0.4) is 0 Å². The second-order valence-electron chi connectivity index (χ2n) is 11.4. The zero-order chi connectivity index (χ0) is 35.3. The number of hydrogen-bond donors (Lipinski definition) is 0. The average Bonchev–Trinajstić information content (AvgIpc) is 2.99. The van der Waals surface area contributed by atoms with Gasteiger partial charge in [0, 0.05) is 24.2 Å². The van der Waals surface area contributed by atoms with Gasteiger partial charge >= 0.3 is 24.5 Å². The minimum atomic E-state index is -5.08. The highest BCUT2D eigenvalue weighted by Gasteiger charge is 2.42. The van der Waals surface area contributed by atoms with Gasteiger partial charge in [-0.2, -0.15) is 26.3 Å². The number of benzene rings is 2. The lowest BCUT2D eigenvalue weighted by Gasteiger charge is -2.43. The maximum atomic E-state index is 13.7. The van der Waals surface area contributed by atoms with Crippen molar-refractivity contribution in [3.8, 4) is 11.5 Å².